The van der Waals surface area contributed by atoms with E-state index in [1.54, 1.807) is 6.92 Å². The molecule has 0 bridgehead atoms. The number of aliphatic imine (C=N–C) groups is 1. The topological polar surface area (TPSA) is 65.0 Å². The minimum atomic E-state index is -0.477. The fourth-order valence-corrected chi connectivity index (χ4v) is 2.26. The van der Waals surface area contributed by atoms with Crippen molar-refractivity contribution in [2.45, 2.75) is 13.8 Å². The Bertz CT molecular complexity index is 422. The quantitative estimate of drug-likeness (QED) is 0.614. The van der Waals surface area contributed by atoms with E-state index >= 15 is 0 Å². The number of carbonyl (C=O) groups excluding carboxylic acids is 2. The molecule has 0 aromatic rings. The molecule has 5 nitrogen and oxygen atoms in total. The predicted molar refractivity (Wildman–Crippen MR) is 55.8 cm³/mol. The second kappa shape index (κ2) is 3.73. The van der Waals surface area contributed by atoms with Crippen molar-refractivity contribution in [2.24, 2.45) is 16.8 Å². The molecule has 86 valence electrons. The molecule has 0 fully saturated rings. The van der Waals surface area contributed by atoms with E-state index in [0.717, 1.165) is 0 Å². The SMILES string of the molecule is COC(=O)C1C(C)=NC2=C(C(=O)OC2)C1C. The van der Waals surface area contributed by atoms with Gasteiger partial charge in [0, 0.05) is 11.6 Å². The molecule has 2 heterocycles. The molecule has 0 amide bonds. The summed E-state index contributed by atoms with van der Waals surface area (Å²) in [6.07, 6.45) is 0. The molecule has 0 aromatic carbocycles. The maximum atomic E-state index is 11.6. The molecule has 0 saturated carbocycles. The van der Waals surface area contributed by atoms with Crippen LogP contribution in [-0.2, 0) is 19.1 Å². The van der Waals surface area contributed by atoms with Crippen molar-refractivity contribution in [1.29, 1.82) is 0 Å². The highest BCUT2D eigenvalue weighted by atomic mass is 16.5. The number of ether oxygens (including phenoxy) is 2. The van der Waals surface area contributed by atoms with Gasteiger partial charge in [0.25, 0.3) is 0 Å². The average molecular weight is 223 g/mol. The van der Waals surface area contributed by atoms with Gasteiger partial charge in [-0.15, -0.1) is 0 Å². The Kier molecular flexibility index (Phi) is 2.53. The van der Waals surface area contributed by atoms with Gasteiger partial charge in [-0.05, 0) is 6.92 Å². The van der Waals surface area contributed by atoms with Crippen LogP contribution in [0.4, 0.5) is 0 Å². The summed E-state index contributed by atoms with van der Waals surface area (Å²) in [4.78, 5) is 27.3. The molecule has 2 aliphatic rings. The first-order valence-corrected chi connectivity index (χ1v) is 5.09. The van der Waals surface area contributed by atoms with Crippen molar-refractivity contribution in [2.75, 3.05) is 13.7 Å². The number of hydrogen-bond donors (Lipinski definition) is 0. The van der Waals surface area contributed by atoms with Gasteiger partial charge in [0.15, 0.2) is 0 Å². The number of rotatable bonds is 1. The lowest BCUT2D eigenvalue weighted by molar-refractivity contribution is -0.144. The Hall–Kier alpha value is -1.65. The van der Waals surface area contributed by atoms with Crippen LogP contribution in [0.3, 0.4) is 0 Å². The molecule has 0 N–H and O–H groups in total. The molecule has 0 aromatic heterocycles. The van der Waals surface area contributed by atoms with Crippen LogP contribution in [-0.4, -0.2) is 31.4 Å². The third kappa shape index (κ3) is 1.43. The Labute approximate surface area is 93.1 Å². The van der Waals surface area contributed by atoms with Crippen molar-refractivity contribution in [1.82, 2.24) is 0 Å². The highest BCUT2D eigenvalue weighted by Crippen LogP contribution is 2.35. The predicted octanol–water partition coefficient (Wildman–Crippen LogP) is 0.697. The van der Waals surface area contributed by atoms with Crippen LogP contribution in [0.25, 0.3) is 0 Å². The molecule has 0 saturated heterocycles. The van der Waals surface area contributed by atoms with Gasteiger partial charge in [-0.3, -0.25) is 9.79 Å². The van der Waals surface area contributed by atoms with Crippen molar-refractivity contribution in [3.8, 4) is 0 Å². The maximum Gasteiger partial charge on any atom is 0.336 e. The highest BCUT2D eigenvalue weighted by molar-refractivity contribution is 6.06. The van der Waals surface area contributed by atoms with E-state index in [-0.39, 0.29) is 24.5 Å². The van der Waals surface area contributed by atoms with E-state index in [2.05, 4.69) is 4.99 Å². The molecule has 2 atom stereocenters. The van der Waals surface area contributed by atoms with Crippen molar-refractivity contribution in [3.63, 3.8) is 0 Å². The van der Waals surface area contributed by atoms with E-state index in [4.69, 9.17) is 9.47 Å². The zero-order valence-corrected chi connectivity index (χ0v) is 9.44. The Morgan fingerprint density at radius 1 is 1.56 bits per heavy atom. The zero-order valence-electron chi connectivity index (χ0n) is 9.44. The van der Waals surface area contributed by atoms with Crippen LogP contribution < -0.4 is 0 Å². The highest BCUT2D eigenvalue weighted by Gasteiger charge is 2.41. The molecule has 16 heavy (non-hydrogen) atoms. The molecular weight excluding hydrogens is 210 g/mol. The number of nitrogens with zero attached hydrogens (tertiary/aromatic N) is 1. The molecule has 0 spiro atoms. The lowest BCUT2D eigenvalue weighted by atomic mass is 9.82. The van der Waals surface area contributed by atoms with E-state index < -0.39 is 5.92 Å². The van der Waals surface area contributed by atoms with Gasteiger partial charge in [-0.25, -0.2) is 4.79 Å². The molecule has 0 aliphatic carbocycles. The number of cyclic esters (lactones) is 1. The van der Waals surface area contributed by atoms with Crippen LogP contribution in [0.2, 0.25) is 0 Å². The average Bonchev–Trinajstić information content (AvgIpc) is 2.59. The largest absolute Gasteiger partial charge is 0.468 e. The summed E-state index contributed by atoms with van der Waals surface area (Å²) in [5.41, 5.74) is 1.84. The second-order valence-corrected chi connectivity index (χ2v) is 3.98. The lowest BCUT2D eigenvalue weighted by Gasteiger charge is -2.25. The van der Waals surface area contributed by atoms with E-state index in [1.165, 1.54) is 7.11 Å². The third-order valence-electron chi connectivity index (χ3n) is 3.04. The van der Waals surface area contributed by atoms with Crippen LogP contribution >= 0.6 is 0 Å². The van der Waals surface area contributed by atoms with Gasteiger partial charge >= 0.3 is 11.9 Å². The van der Waals surface area contributed by atoms with Gasteiger partial charge in [0.05, 0.1) is 18.4 Å². The first-order chi connectivity index (χ1) is 7.56. The summed E-state index contributed by atoms with van der Waals surface area (Å²) in [6.45, 7) is 3.80. The summed E-state index contributed by atoms with van der Waals surface area (Å²) < 4.78 is 9.63. The van der Waals surface area contributed by atoms with Crippen LogP contribution in [0, 0.1) is 11.8 Å². The fourth-order valence-electron chi connectivity index (χ4n) is 2.26. The monoisotopic (exact) mass is 223 g/mol. The van der Waals surface area contributed by atoms with Gasteiger partial charge < -0.3 is 9.47 Å². The number of esters is 2. The first kappa shape index (κ1) is 10.9. The summed E-state index contributed by atoms with van der Waals surface area (Å²) in [7, 11) is 1.33. The summed E-state index contributed by atoms with van der Waals surface area (Å²) in [5.74, 6) is -1.43. The van der Waals surface area contributed by atoms with Crippen molar-refractivity contribution in [3.05, 3.63) is 11.3 Å². The Morgan fingerprint density at radius 3 is 2.88 bits per heavy atom. The minimum absolute atomic E-state index is 0.212. The summed E-state index contributed by atoms with van der Waals surface area (Å²) >= 11 is 0. The van der Waals surface area contributed by atoms with E-state index in [9.17, 15) is 9.59 Å². The van der Waals surface area contributed by atoms with Gasteiger partial charge in [-0.1, -0.05) is 6.92 Å². The minimum Gasteiger partial charge on any atom is -0.468 e. The van der Waals surface area contributed by atoms with Crippen LogP contribution in [0.1, 0.15) is 13.8 Å². The smallest absolute Gasteiger partial charge is 0.336 e. The van der Waals surface area contributed by atoms with E-state index in [0.29, 0.717) is 17.0 Å². The number of hydrogen-bond acceptors (Lipinski definition) is 5. The first-order valence-electron chi connectivity index (χ1n) is 5.09. The maximum absolute atomic E-state index is 11.6. The second-order valence-electron chi connectivity index (χ2n) is 3.98. The molecule has 2 unspecified atom stereocenters. The van der Waals surface area contributed by atoms with Crippen molar-refractivity contribution >= 4 is 17.7 Å². The van der Waals surface area contributed by atoms with Gasteiger partial charge in [0.1, 0.15) is 12.5 Å². The van der Waals surface area contributed by atoms with Crippen LogP contribution in [0.15, 0.2) is 16.3 Å². The third-order valence-corrected chi connectivity index (χ3v) is 3.04. The normalized spacial score (nSPS) is 28.4. The number of carbonyl (C=O) groups is 2. The molecular formula is C11H13NO4. The molecule has 0 radical (unpaired) electrons. The summed E-state index contributed by atoms with van der Waals surface area (Å²) in [5, 5.41) is 0. The van der Waals surface area contributed by atoms with Gasteiger partial charge in [0.2, 0.25) is 0 Å². The van der Waals surface area contributed by atoms with Gasteiger partial charge in [-0.2, -0.15) is 0 Å². The van der Waals surface area contributed by atoms with Crippen LogP contribution in [0.5, 0.6) is 0 Å². The molecule has 2 aliphatic heterocycles. The van der Waals surface area contributed by atoms with Crippen molar-refractivity contribution < 1.29 is 19.1 Å². The van der Waals surface area contributed by atoms with E-state index in [1.807, 2.05) is 6.92 Å². The standard InChI is InChI=1S/C11H13NO4/c1-5-8(10(13)15-3)6(2)12-7-4-16-11(14)9(5)7/h5,8H,4H2,1-3H3. The zero-order chi connectivity index (χ0) is 11.9. The number of methoxy groups -OCH3 is 1. The lowest BCUT2D eigenvalue weighted by Crippen LogP contribution is -2.34. The summed E-state index contributed by atoms with van der Waals surface area (Å²) in [6, 6.07) is 0. The fraction of sp³-hybridized carbons (Fsp3) is 0.545. The molecule has 2 rings (SSSR count). The Morgan fingerprint density at radius 2 is 2.25 bits per heavy atom. The molecule has 5 heteroatoms. The Balaban J connectivity index is 2.40.